The summed E-state index contributed by atoms with van der Waals surface area (Å²) in [5.41, 5.74) is 3.37. The summed E-state index contributed by atoms with van der Waals surface area (Å²) in [4.78, 5) is 14.8. The van der Waals surface area contributed by atoms with Crippen molar-refractivity contribution in [2.45, 2.75) is 39.3 Å². The minimum atomic E-state index is 0.00545. The Labute approximate surface area is 162 Å². The van der Waals surface area contributed by atoms with Gasteiger partial charge in [0.1, 0.15) is 5.75 Å². The van der Waals surface area contributed by atoms with E-state index in [-0.39, 0.29) is 5.91 Å². The average molecular weight is 367 g/mol. The van der Waals surface area contributed by atoms with Crippen molar-refractivity contribution in [3.05, 3.63) is 65.2 Å². The Bertz CT molecular complexity index is 742. The Morgan fingerprint density at radius 2 is 1.89 bits per heavy atom. The molecule has 1 heterocycles. The molecule has 3 rings (SSSR count). The van der Waals surface area contributed by atoms with Crippen LogP contribution in [-0.2, 0) is 24.3 Å². The smallest absolute Gasteiger partial charge is 0.224 e. The highest BCUT2D eigenvalue weighted by atomic mass is 16.5. The summed E-state index contributed by atoms with van der Waals surface area (Å²) in [7, 11) is 1.63. The summed E-state index contributed by atoms with van der Waals surface area (Å²) in [6.45, 7) is 6.30. The van der Waals surface area contributed by atoms with Crippen LogP contribution in [0.1, 0.15) is 36.5 Å². The van der Waals surface area contributed by atoms with Crippen molar-refractivity contribution < 1.29 is 9.53 Å². The Balaban J connectivity index is 1.47. The van der Waals surface area contributed by atoms with Gasteiger partial charge in [0.25, 0.3) is 0 Å². The number of carbonyl (C=O) groups excluding carboxylic acids is 1. The fraction of sp³-hybridized carbons (Fsp3) is 0.435. The number of amides is 1. The third-order valence-corrected chi connectivity index (χ3v) is 5.20. The van der Waals surface area contributed by atoms with Crippen LogP contribution in [0.5, 0.6) is 5.75 Å². The van der Waals surface area contributed by atoms with Gasteiger partial charge in [0.2, 0.25) is 5.91 Å². The molecule has 144 valence electrons. The molecule has 1 amide bonds. The zero-order valence-corrected chi connectivity index (χ0v) is 16.4. The number of methoxy groups -OCH3 is 1. The Kier molecular flexibility index (Phi) is 6.88. The van der Waals surface area contributed by atoms with Gasteiger partial charge in [-0.1, -0.05) is 49.4 Å². The highest BCUT2D eigenvalue weighted by Gasteiger charge is 2.16. The van der Waals surface area contributed by atoms with Crippen LogP contribution in [0.4, 0.5) is 0 Å². The van der Waals surface area contributed by atoms with E-state index in [9.17, 15) is 4.79 Å². The molecule has 0 bridgehead atoms. The van der Waals surface area contributed by atoms with Crippen molar-refractivity contribution in [1.82, 2.24) is 10.2 Å². The van der Waals surface area contributed by atoms with E-state index < -0.39 is 0 Å². The van der Waals surface area contributed by atoms with Gasteiger partial charge in [0, 0.05) is 25.2 Å². The first-order valence-corrected chi connectivity index (χ1v) is 9.83. The number of carbonyl (C=O) groups is 1. The number of hydrogen-bond donors (Lipinski definition) is 1. The summed E-state index contributed by atoms with van der Waals surface area (Å²) in [6.07, 6.45) is 2.98. The minimum Gasteiger partial charge on any atom is -0.496 e. The predicted molar refractivity (Wildman–Crippen MR) is 109 cm³/mol. The second-order valence-electron chi connectivity index (χ2n) is 7.56. The van der Waals surface area contributed by atoms with E-state index in [1.54, 1.807) is 7.11 Å². The molecule has 1 aliphatic rings. The largest absolute Gasteiger partial charge is 0.496 e. The molecule has 4 heteroatoms. The zero-order valence-electron chi connectivity index (χ0n) is 16.4. The topological polar surface area (TPSA) is 41.6 Å². The molecule has 27 heavy (non-hydrogen) atoms. The number of para-hydroxylation sites is 1. The highest BCUT2D eigenvalue weighted by Crippen LogP contribution is 2.19. The first-order valence-electron chi connectivity index (χ1n) is 9.83. The lowest BCUT2D eigenvalue weighted by molar-refractivity contribution is -0.120. The molecule has 0 spiro atoms. The van der Waals surface area contributed by atoms with Crippen LogP contribution < -0.4 is 10.1 Å². The van der Waals surface area contributed by atoms with E-state index in [1.807, 2.05) is 24.3 Å². The quantitative estimate of drug-likeness (QED) is 0.811. The summed E-state index contributed by atoms with van der Waals surface area (Å²) < 4.78 is 5.31. The number of hydrogen-bond acceptors (Lipinski definition) is 3. The molecule has 0 aromatic heterocycles. The molecule has 2 aromatic carbocycles. The SMILES string of the molecule is COc1ccccc1CC(=O)NCc1ccc(CN2CCC[C@@H](C)C2)cc1. The van der Waals surface area contributed by atoms with Gasteiger partial charge in [0.15, 0.2) is 0 Å². The lowest BCUT2D eigenvalue weighted by Crippen LogP contribution is -2.33. The van der Waals surface area contributed by atoms with Crippen molar-refractivity contribution in [2.75, 3.05) is 20.2 Å². The zero-order chi connectivity index (χ0) is 19.1. The molecule has 0 radical (unpaired) electrons. The second-order valence-corrected chi connectivity index (χ2v) is 7.56. The van der Waals surface area contributed by atoms with Gasteiger partial charge in [-0.25, -0.2) is 0 Å². The maximum absolute atomic E-state index is 12.2. The fourth-order valence-corrected chi connectivity index (χ4v) is 3.74. The molecule has 1 aliphatic heterocycles. The first kappa shape index (κ1) is 19.4. The Hall–Kier alpha value is -2.33. The van der Waals surface area contributed by atoms with E-state index in [1.165, 1.54) is 31.5 Å². The number of nitrogens with zero attached hydrogens (tertiary/aromatic N) is 1. The number of ether oxygens (including phenoxy) is 1. The maximum atomic E-state index is 12.2. The van der Waals surface area contributed by atoms with Gasteiger partial charge in [-0.3, -0.25) is 9.69 Å². The molecule has 4 nitrogen and oxygen atoms in total. The van der Waals surface area contributed by atoms with Crippen molar-refractivity contribution in [1.29, 1.82) is 0 Å². The van der Waals surface area contributed by atoms with Crippen molar-refractivity contribution >= 4 is 5.91 Å². The van der Waals surface area contributed by atoms with Crippen LogP contribution >= 0.6 is 0 Å². The molecular weight excluding hydrogens is 336 g/mol. The lowest BCUT2D eigenvalue weighted by atomic mass is 9.99. The number of piperidine rings is 1. The average Bonchev–Trinajstić information content (AvgIpc) is 2.68. The van der Waals surface area contributed by atoms with E-state index in [0.717, 1.165) is 29.3 Å². The number of likely N-dealkylation sites (tertiary alicyclic amines) is 1. The van der Waals surface area contributed by atoms with Crippen molar-refractivity contribution in [2.24, 2.45) is 5.92 Å². The number of nitrogens with one attached hydrogen (secondary N) is 1. The van der Waals surface area contributed by atoms with Crippen LogP contribution in [0.25, 0.3) is 0 Å². The maximum Gasteiger partial charge on any atom is 0.224 e. The Morgan fingerprint density at radius 1 is 1.15 bits per heavy atom. The monoisotopic (exact) mass is 366 g/mol. The van der Waals surface area contributed by atoms with Crippen molar-refractivity contribution in [3.63, 3.8) is 0 Å². The van der Waals surface area contributed by atoms with Gasteiger partial charge in [0.05, 0.1) is 13.5 Å². The first-order chi connectivity index (χ1) is 13.1. The predicted octanol–water partition coefficient (Wildman–Crippen LogP) is 3.79. The molecule has 1 atom stereocenters. The third kappa shape index (κ3) is 5.83. The number of benzene rings is 2. The standard InChI is InChI=1S/C23H30N2O2/c1-18-6-5-13-25(16-18)17-20-11-9-19(10-12-20)15-24-23(26)14-21-7-3-4-8-22(21)27-2/h3-4,7-12,18H,5-6,13-17H2,1-2H3,(H,24,26)/t18-/m1/s1. The van der Waals surface area contributed by atoms with E-state index >= 15 is 0 Å². The summed E-state index contributed by atoms with van der Waals surface area (Å²) in [6, 6.07) is 16.2. The van der Waals surface area contributed by atoms with E-state index in [4.69, 9.17) is 4.74 Å². The van der Waals surface area contributed by atoms with Crippen LogP contribution in [0.3, 0.4) is 0 Å². The minimum absolute atomic E-state index is 0.00545. The summed E-state index contributed by atoms with van der Waals surface area (Å²) in [5.74, 6) is 1.56. The molecule has 1 fully saturated rings. The fourth-order valence-electron chi connectivity index (χ4n) is 3.74. The van der Waals surface area contributed by atoms with Gasteiger partial charge in [-0.05, 0) is 42.5 Å². The van der Waals surface area contributed by atoms with Gasteiger partial charge >= 0.3 is 0 Å². The second kappa shape index (κ2) is 9.56. The van der Waals surface area contributed by atoms with Crippen LogP contribution in [-0.4, -0.2) is 31.0 Å². The van der Waals surface area contributed by atoms with Gasteiger partial charge < -0.3 is 10.1 Å². The summed E-state index contributed by atoms with van der Waals surface area (Å²) >= 11 is 0. The van der Waals surface area contributed by atoms with Gasteiger partial charge in [-0.2, -0.15) is 0 Å². The molecule has 0 aliphatic carbocycles. The van der Waals surface area contributed by atoms with Crippen LogP contribution in [0.15, 0.2) is 48.5 Å². The molecule has 0 saturated carbocycles. The molecule has 2 aromatic rings. The molecule has 1 N–H and O–H groups in total. The normalized spacial score (nSPS) is 17.5. The lowest BCUT2D eigenvalue weighted by Gasteiger charge is -2.30. The molecule has 0 unspecified atom stereocenters. The van der Waals surface area contributed by atoms with Crippen molar-refractivity contribution in [3.8, 4) is 5.75 Å². The number of rotatable bonds is 7. The highest BCUT2D eigenvalue weighted by molar-refractivity contribution is 5.79. The molecular formula is C23H30N2O2. The Morgan fingerprint density at radius 3 is 2.63 bits per heavy atom. The van der Waals surface area contributed by atoms with Crippen LogP contribution in [0.2, 0.25) is 0 Å². The van der Waals surface area contributed by atoms with Gasteiger partial charge in [-0.15, -0.1) is 0 Å². The molecule has 1 saturated heterocycles. The van der Waals surface area contributed by atoms with Crippen LogP contribution in [0, 0.1) is 5.92 Å². The van der Waals surface area contributed by atoms with E-state index in [0.29, 0.717) is 13.0 Å². The summed E-state index contributed by atoms with van der Waals surface area (Å²) in [5, 5.41) is 3.00. The van der Waals surface area contributed by atoms with E-state index in [2.05, 4.69) is 41.4 Å². The third-order valence-electron chi connectivity index (χ3n) is 5.20.